The number of rotatable bonds is 9. The maximum atomic E-state index is 12.8. The molecule has 2 unspecified atom stereocenters. The minimum absolute atomic E-state index is 0.346. The number of hydrogen-bond acceptors (Lipinski definition) is 4. The zero-order valence-electron chi connectivity index (χ0n) is 19.4. The Labute approximate surface area is 188 Å². The van der Waals surface area contributed by atoms with E-state index >= 15 is 0 Å². The molecular weight excluding hydrogens is 419 g/mol. The Hall–Kier alpha value is -2.57. The van der Waals surface area contributed by atoms with Crippen LogP contribution in [0.4, 0.5) is 13.2 Å². The Morgan fingerprint density at radius 2 is 1.78 bits per heavy atom. The van der Waals surface area contributed by atoms with Crippen LogP contribution in [-0.2, 0) is 20.5 Å². The van der Waals surface area contributed by atoms with Gasteiger partial charge in [0.05, 0.1) is 11.3 Å². The van der Waals surface area contributed by atoms with Gasteiger partial charge in [-0.2, -0.15) is 13.2 Å². The van der Waals surface area contributed by atoms with Crippen molar-refractivity contribution in [3.63, 3.8) is 0 Å². The molecule has 1 heterocycles. The number of hydrogen-bond donors (Lipinski definition) is 0. The average Bonchev–Trinajstić information content (AvgIpc) is 3.17. The largest absolute Gasteiger partial charge is 0.455 e. The normalized spacial score (nSPS) is 18.4. The van der Waals surface area contributed by atoms with Gasteiger partial charge < -0.3 is 9.57 Å². The molecule has 176 valence electrons. The zero-order valence-corrected chi connectivity index (χ0v) is 19.4. The number of esters is 1. The summed E-state index contributed by atoms with van der Waals surface area (Å²) in [5.41, 5.74) is 2.04. The highest BCUT2D eigenvalue weighted by Crippen LogP contribution is 2.34. The lowest BCUT2D eigenvalue weighted by atomic mass is 9.88. The number of benzene rings is 1. The lowest BCUT2D eigenvalue weighted by Gasteiger charge is -2.32. The number of ether oxygens (including phenoxy) is 1. The number of halogens is 3. The fraction of sp³-hybridized carbons (Fsp3) is 0.520. The molecule has 0 fully saturated rings. The van der Waals surface area contributed by atoms with E-state index in [2.05, 4.69) is 38.1 Å². The van der Waals surface area contributed by atoms with Gasteiger partial charge in [0.25, 0.3) is 0 Å². The van der Waals surface area contributed by atoms with Crippen molar-refractivity contribution in [1.29, 1.82) is 0 Å². The summed E-state index contributed by atoms with van der Waals surface area (Å²) in [5, 5.41) is 4.08. The lowest BCUT2D eigenvalue weighted by molar-refractivity contribution is -0.172. The third-order valence-electron chi connectivity index (χ3n) is 5.50. The van der Waals surface area contributed by atoms with Crippen molar-refractivity contribution >= 4 is 11.7 Å². The van der Waals surface area contributed by atoms with Gasteiger partial charge in [-0.1, -0.05) is 40.6 Å². The van der Waals surface area contributed by atoms with Gasteiger partial charge in [0, 0.05) is 13.3 Å². The van der Waals surface area contributed by atoms with Crippen LogP contribution in [0, 0.1) is 0 Å². The van der Waals surface area contributed by atoms with Crippen molar-refractivity contribution < 1.29 is 27.5 Å². The van der Waals surface area contributed by atoms with Crippen LogP contribution in [-0.4, -0.2) is 23.4 Å². The molecule has 1 aliphatic rings. The molecule has 0 saturated heterocycles. The predicted octanol–water partition coefficient (Wildman–Crippen LogP) is 6.99. The average molecular weight is 452 g/mol. The maximum absolute atomic E-state index is 12.8. The summed E-state index contributed by atoms with van der Waals surface area (Å²) < 4.78 is 44.1. The van der Waals surface area contributed by atoms with Crippen molar-refractivity contribution in [2.75, 3.05) is 0 Å². The monoisotopic (exact) mass is 451 g/mol. The smallest absolute Gasteiger partial charge is 0.416 e. The first-order valence-electron chi connectivity index (χ1n) is 10.8. The molecule has 0 aliphatic carbocycles. The molecule has 32 heavy (non-hydrogen) atoms. The van der Waals surface area contributed by atoms with E-state index in [1.54, 1.807) is 0 Å². The SMILES string of the molecule is CC(=O)OC(C)(CC/C=C(/C)CCC=C(C)C)C1CC(c2ccc(C(F)(F)F)cc2)=NO1. The van der Waals surface area contributed by atoms with E-state index < -0.39 is 29.4 Å². The maximum Gasteiger partial charge on any atom is 0.416 e. The summed E-state index contributed by atoms with van der Waals surface area (Å²) in [6, 6.07) is 4.82. The highest BCUT2D eigenvalue weighted by Gasteiger charge is 2.42. The molecule has 2 rings (SSSR count). The molecule has 0 amide bonds. The molecule has 1 aliphatic heterocycles. The predicted molar refractivity (Wildman–Crippen MR) is 119 cm³/mol. The number of allylic oxidation sites excluding steroid dienone is 4. The van der Waals surface area contributed by atoms with E-state index in [4.69, 9.17) is 9.57 Å². The first kappa shape index (κ1) is 25.7. The molecule has 0 saturated carbocycles. The van der Waals surface area contributed by atoms with Gasteiger partial charge in [0.15, 0.2) is 6.10 Å². The third kappa shape index (κ3) is 7.53. The number of oxime groups is 1. The molecular formula is C25H32F3NO3. The van der Waals surface area contributed by atoms with E-state index in [1.165, 1.54) is 30.2 Å². The van der Waals surface area contributed by atoms with E-state index in [0.29, 0.717) is 30.5 Å². The Bertz CT molecular complexity index is 881. The van der Waals surface area contributed by atoms with E-state index in [-0.39, 0.29) is 0 Å². The number of carbonyl (C=O) groups excluding carboxylic acids is 1. The Morgan fingerprint density at radius 3 is 2.34 bits per heavy atom. The highest BCUT2D eigenvalue weighted by atomic mass is 19.4. The van der Waals surface area contributed by atoms with Gasteiger partial charge in [0.2, 0.25) is 0 Å². The van der Waals surface area contributed by atoms with Gasteiger partial charge in [0.1, 0.15) is 5.60 Å². The summed E-state index contributed by atoms with van der Waals surface area (Å²) in [5.74, 6) is -0.414. The fourth-order valence-electron chi connectivity index (χ4n) is 3.63. The van der Waals surface area contributed by atoms with Crippen LogP contribution in [0.2, 0.25) is 0 Å². The molecule has 0 aromatic heterocycles. The van der Waals surface area contributed by atoms with Crippen molar-refractivity contribution in [3.8, 4) is 0 Å². The molecule has 1 aromatic carbocycles. The zero-order chi connectivity index (χ0) is 23.9. The molecule has 1 aromatic rings. The summed E-state index contributed by atoms with van der Waals surface area (Å²) in [6.07, 6.45) is 3.01. The van der Waals surface area contributed by atoms with Gasteiger partial charge in [-0.05, 0) is 71.1 Å². The first-order valence-corrected chi connectivity index (χ1v) is 10.8. The van der Waals surface area contributed by atoms with E-state index in [9.17, 15) is 18.0 Å². The number of alkyl halides is 3. The van der Waals surface area contributed by atoms with E-state index in [1.807, 2.05) is 6.92 Å². The quantitative estimate of drug-likeness (QED) is 0.300. The van der Waals surface area contributed by atoms with Gasteiger partial charge in [-0.3, -0.25) is 4.79 Å². The Balaban J connectivity index is 2.03. The second-order valence-electron chi connectivity index (χ2n) is 8.73. The van der Waals surface area contributed by atoms with Crippen LogP contribution in [0.15, 0.2) is 52.7 Å². The minimum atomic E-state index is -4.39. The second-order valence-corrected chi connectivity index (χ2v) is 8.73. The van der Waals surface area contributed by atoms with Crippen LogP contribution < -0.4 is 0 Å². The molecule has 0 radical (unpaired) electrons. The van der Waals surface area contributed by atoms with Gasteiger partial charge >= 0.3 is 12.1 Å². The number of carbonyl (C=O) groups is 1. The molecule has 4 nitrogen and oxygen atoms in total. The van der Waals surface area contributed by atoms with Crippen LogP contribution in [0.1, 0.15) is 77.8 Å². The molecule has 0 spiro atoms. The standard InChI is InChI=1S/C25H32F3NO3/c1-17(2)8-6-9-18(3)10-7-15-24(5,31-19(4)30)23-16-22(29-32-23)20-11-13-21(14-12-20)25(26,27)28/h8,10-14,23H,6-7,9,15-16H2,1-5H3/b18-10-. The van der Waals surface area contributed by atoms with Crippen LogP contribution >= 0.6 is 0 Å². The van der Waals surface area contributed by atoms with Crippen molar-refractivity contribution in [1.82, 2.24) is 0 Å². The van der Waals surface area contributed by atoms with Crippen LogP contribution in [0.3, 0.4) is 0 Å². The Morgan fingerprint density at radius 1 is 1.12 bits per heavy atom. The molecule has 0 N–H and O–H groups in total. The van der Waals surface area contributed by atoms with E-state index in [0.717, 1.165) is 25.0 Å². The summed E-state index contributed by atoms with van der Waals surface area (Å²) in [4.78, 5) is 17.4. The minimum Gasteiger partial charge on any atom is -0.455 e. The van der Waals surface area contributed by atoms with Gasteiger partial charge in [-0.25, -0.2) is 0 Å². The molecule has 0 bridgehead atoms. The molecule has 7 heteroatoms. The summed E-state index contributed by atoms with van der Waals surface area (Å²) in [7, 11) is 0. The van der Waals surface area contributed by atoms with Crippen molar-refractivity contribution in [2.24, 2.45) is 5.16 Å². The number of nitrogens with zero attached hydrogens (tertiary/aromatic N) is 1. The van der Waals surface area contributed by atoms with Crippen molar-refractivity contribution in [3.05, 3.63) is 58.7 Å². The Kier molecular flexibility index (Phi) is 8.70. The third-order valence-corrected chi connectivity index (χ3v) is 5.50. The summed E-state index contributed by atoms with van der Waals surface area (Å²) >= 11 is 0. The fourth-order valence-corrected chi connectivity index (χ4v) is 3.63. The summed E-state index contributed by atoms with van der Waals surface area (Å²) in [6.45, 7) is 9.40. The molecule has 2 atom stereocenters. The van der Waals surface area contributed by atoms with Crippen LogP contribution in [0.5, 0.6) is 0 Å². The van der Waals surface area contributed by atoms with Crippen molar-refractivity contribution in [2.45, 2.75) is 84.6 Å². The lowest BCUT2D eigenvalue weighted by Crippen LogP contribution is -2.43. The highest BCUT2D eigenvalue weighted by molar-refractivity contribution is 6.01. The van der Waals surface area contributed by atoms with Gasteiger partial charge in [-0.15, -0.1) is 0 Å². The van der Waals surface area contributed by atoms with Crippen LogP contribution in [0.25, 0.3) is 0 Å². The first-order chi connectivity index (χ1) is 14.9. The second kappa shape index (κ2) is 10.8. The topological polar surface area (TPSA) is 47.9 Å².